The molecule has 0 saturated heterocycles. The average Bonchev–Trinajstić information content (AvgIpc) is 2.80. The maximum atomic E-state index is 10.3. The van der Waals surface area contributed by atoms with Crippen LogP contribution in [0.25, 0.3) is 0 Å². The summed E-state index contributed by atoms with van der Waals surface area (Å²) in [5, 5.41) is 17.5. The summed E-state index contributed by atoms with van der Waals surface area (Å²) in [5.74, 6) is 0. The van der Waals surface area contributed by atoms with Crippen molar-refractivity contribution in [3.63, 3.8) is 0 Å². The summed E-state index contributed by atoms with van der Waals surface area (Å²) in [5.41, 5.74) is 4.09. The highest BCUT2D eigenvalue weighted by Gasteiger charge is 2.52. The standard InChI is InChI=1S/C7H10N2O3/c8-4-7(1-2-7)5(3-10)12-6(9)11/h5,10H,1-3H2,(H2,9,11). The molecule has 0 radical (unpaired) electrons. The topological polar surface area (TPSA) is 96.3 Å². The molecule has 5 heteroatoms. The summed E-state index contributed by atoms with van der Waals surface area (Å²) in [4.78, 5) is 10.3. The first-order valence-electron chi connectivity index (χ1n) is 3.63. The molecule has 0 heterocycles. The molecule has 12 heavy (non-hydrogen) atoms. The number of carbonyl (C=O) groups excluding carboxylic acids is 1. The fourth-order valence-corrected chi connectivity index (χ4v) is 1.11. The second kappa shape index (κ2) is 2.99. The SMILES string of the molecule is N#CC1(C(CO)OC(N)=O)CC1. The Morgan fingerprint density at radius 1 is 1.83 bits per heavy atom. The van der Waals surface area contributed by atoms with Crippen LogP contribution in [-0.4, -0.2) is 23.9 Å². The van der Waals surface area contributed by atoms with Crippen LogP contribution in [0.5, 0.6) is 0 Å². The first-order valence-corrected chi connectivity index (χ1v) is 3.63. The lowest BCUT2D eigenvalue weighted by atomic mass is 10.0. The molecule has 0 aromatic rings. The summed E-state index contributed by atoms with van der Waals surface area (Å²) in [6, 6.07) is 2.02. The number of aliphatic hydroxyl groups is 1. The van der Waals surface area contributed by atoms with Crippen molar-refractivity contribution in [2.45, 2.75) is 18.9 Å². The lowest BCUT2D eigenvalue weighted by molar-refractivity contribution is 0.0337. The van der Waals surface area contributed by atoms with E-state index in [2.05, 4.69) is 4.74 Å². The summed E-state index contributed by atoms with van der Waals surface area (Å²) >= 11 is 0. The molecule has 0 aliphatic heterocycles. The van der Waals surface area contributed by atoms with Crippen LogP contribution in [0.1, 0.15) is 12.8 Å². The van der Waals surface area contributed by atoms with E-state index in [1.165, 1.54) is 0 Å². The summed E-state index contributed by atoms with van der Waals surface area (Å²) in [6.07, 6.45) is -0.403. The molecule has 1 unspecified atom stereocenters. The van der Waals surface area contributed by atoms with Gasteiger partial charge in [0.2, 0.25) is 0 Å². The van der Waals surface area contributed by atoms with Crippen LogP contribution < -0.4 is 5.73 Å². The zero-order chi connectivity index (χ0) is 9.19. The van der Waals surface area contributed by atoms with Gasteiger partial charge in [0.25, 0.3) is 0 Å². The van der Waals surface area contributed by atoms with Gasteiger partial charge in [-0.1, -0.05) is 0 Å². The van der Waals surface area contributed by atoms with Gasteiger partial charge in [0.1, 0.15) is 6.10 Å². The first kappa shape index (κ1) is 8.81. The number of primary amides is 1. The highest BCUT2D eigenvalue weighted by molar-refractivity contribution is 5.65. The number of nitrogens with zero attached hydrogens (tertiary/aromatic N) is 1. The Kier molecular flexibility index (Phi) is 2.20. The molecule has 1 rings (SSSR count). The lowest BCUT2D eigenvalue weighted by Crippen LogP contribution is -2.33. The Hall–Kier alpha value is -1.28. The van der Waals surface area contributed by atoms with Crippen molar-refractivity contribution in [3.8, 4) is 6.07 Å². The second-order valence-electron chi connectivity index (χ2n) is 2.88. The van der Waals surface area contributed by atoms with E-state index in [9.17, 15) is 4.79 Å². The molecule has 5 nitrogen and oxygen atoms in total. The Morgan fingerprint density at radius 2 is 2.42 bits per heavy atom. The molecule has 0 aromatic carbocycles. The van der Waals surface area contributed by atoms with Gasteiger partial charge in [-0.05, 0) is 12.8 Å². The molecule has 1 saturated carbocycles. The number of ether oxygens (including phenoxy) is 1. The first-order chi connectivity index (χ1) is 5.64. The molecule has 1 aliphatic rings. The van der Waals surface area contributed by atoms with Crippen LogP contribution in [0.15, 0.2) is 0 Å². The maximum Gasteiger partial charge on any atom is 0.404 e. The van der Waals surface area contributed by atoms with E-state index in [1.807, 2.05) is 6.07 Å². The van der Waals surface area contributed by atoms with Gasteiger partial charge in [-0.3, -0.25) is 0 Å². The predicted molar refractivity (Wildman–Crippen MR) is 38.8 cm³/mol. The van der Waals surface area contributed by atoms with Crippen LogP contribution in [0.4, 0.5) is 4.79 Å². The monoisotopic (exact) mass is 170 g/mol. The van der Waals surface area contributed by atoms with E-state index in [-0.39, 0.29) is 6.61 Å². The minimum absolute atomic E-state index is 0.351. The third-order valence-corrected chi connectivity index (χ3v) is 2.05. The normalized spacial score (nSPS) is 20.7. The van der Waals surface area contributed by atoms with Crippen molar-refractivity contribution in [1.82, 2.24) is 0 Å². The zero-order valence-corrected chi connectivity index (χ0v) is 6.49. The molecule has 1 fully saturated rings. The molecule has 1 amide bonds. The lowest BCUT2D eigenvalue weighted by Gasteiger charge is -2.17. The van der Waals surface area contributed by atoms with Gasteiger partial charge in [-0.2, -0.15) is 5.26 Å². The molecule has 1 aliphatic carbocycles. The number of amides is 1. The third-order valence-electron chi connectivity index (χ3n) is 2.05. The van der Waals surface area contributed by atoms with Crippen LogP contribution in [0.2, 0.25) is 0 Å². The fraction of sp³-hybridized carbons (Fsp3) is 0.714. The number of rotatable bonds is 3. The quantitative estimate of drug-likeness (QED) is 0.610. The number of nitriles is 1. The van der Waals surface area contributed by atoms with Crippen molar-refractivity contribution in [1.29, 1.82) is 5.26 Å². The molecule has 0 spiro atoms. The second-order valence-corrected chi connectivity index (χ2v) is 2.88. The Bertz CT molecular complexity index is 229. The highest BCUT2D eigenvalue weighted by atomic mass is 16.6. The van der Waals surface area contributed by atoms with Crippen molar-refractivity contribution < 1.29 is 14.6 Å². The van der Waals surface area contributed by atoms with Gasteiger partial charge in [-0.15, -0.1) is 0 Å². The average molecular weight is 170 g/mol. The van der Waals surface area contributed by atoms with Crippen LogP contribution in [-0.2, 0) is 4.74 Å². The number of hydrogen-bond acceptors (Lipinski definition) is 4. The van der Waals surface area contributed by atoms with Gasteiger partial charge in [0.05, 0.1) is 18.1 Å². The van der Waals surface area contributed by atoms with Crippen molar-refractivity contribution in [2.75, 3.05) is 6.61 Å². The van der Waals surface area contributed by atoms with Gasteiger partial charge in [0, 0.05) is 0 Å². The number of hydrogen-bond donors (Lipinski definition) is 2. The fourth-order valence-electron chi connectivity index (χ4n) is 1.11. The summed E-state index contributed by atoms with van der Waals surface area (Å²) in [7, 11) is 0. The van der Waals surface area contributed by atoms with Crippen molar-refractivity contribution >= 4 is 6.09 Å². The van der Waals surface area contributed by atoms with Gasteiger partial charge in [0.15, 0.2) is 0 Å². The number of nitrogens with two attached hydrogens (primary N) is 1. The van der Waals surface area contributed by atoms with E-state index >= 15 is 0 Å². The molecule has 1 atom stereocenters. The summed E-state index contributed by atoms with van der Waals surface area (Å²) in [6.45, 7) is -0.351. The van der Waals surface area contributed by atoms with E-state index < -0.39 is 17.6 Å². The molecule has 3 N–H and O–H groups in total. The smallest absolute Gasteiger partial charge is 0.404 e. The molecule has 0 aromatic heterocycles. The molecular weight excluding hydrogens is 160 g/mol. The van der Waals surface area contributed by atoms with Gasteiger partial charge < -0.3 is 15.6 Å². The van der Waals surface area contributed by atoms with Crippen molar-refractivity contribution in [3.05, 3.63) is 0 Å². The predicted octanol–water partition coefficient (Wildman–Crippen LogP) is -0.254. The van der Waals surface area contributed by atoms with Crippen LogP contribution in [0.3, 0.4) is 0 Å². The highest BCUT2D eigenvalue weighted by Crippen LogP contribution is 2.49. The Labute approximate surface area is 69.7 Å². The zero-order valence-electron chi connectivity index (χ0n) is 6.49. The Morgan fingerprint density at radius 3 is 2.67 bits per heavy atom. The maximum absolute atomic E-state index is 10.3. The van der Waals surface area contributed by atoms with E-state index in [0.29, 0.717) is 12.8 Å². The molecule has 66 valence electrons. The minimum atomic E-state index is -0.949. The van der Waals surface area contributed by atoms with Gasteiger partial charge in [-0.25, -0.2) is 4.79 Å². The number of carbonyl (C=O) groups is 1. The minimum Gasteiger partial charge on any atom is -0.442 e. The Balaban J connectivity index is 2.57. The molecular formula is C7H10N2O3. The van der Waals surface area contributed by atoms with Crippen LogP contribution >= 0.6 is 0 Å². The van der Waals surface area contributed by atoms with Gasteiger partial charge >= 0.3 is 6.09 Å². The van der Waals surface area contributed by atoms with E-state index in [0.717, 1.165) is 0 Å². The number of aliphatic hydroxyl groups excluding tert-OH is 1. The van der Waals surface area contributed by atoms with E-state index in [1.54, 1.807) is 0 Å². The van der Waals surface area contributed by atoms with E-state index in [4.69, 9.17) is 16.1 Å². The van der Waals surface area contributed by atoms with Crippen LogP contribution in [0, 0.1) is 16.7 Å². The largest absolute Gasteiger partial charge is 0.442 e. The third kappa shape index (κ3) is 1.48. The van der Waals surface area contributed by atoms with Crippen molar-refractivity contribution in [2.24, 2.45) is 11.1 Å². The molecule has 0 bridgehead atoms. The summed E-state index contributed by atoms with van der Waals surface area (Å²) < 4.78 is 4.58.